The van der Waals surface area contributed by atoms with E-state index in [-0.39, 0.29) is 18.2 Å². The van der Waals surface area contributed by atoms with Crippen LogP contribution >= 0.6 is 0 Å². The van der Waals surface area contributed by atoms with Crippen LogP contribution in [0.1, 0.15) is 29.2 Å². The Hall–Kier alpha value is -3.43. The number of imidazole rings is 1. The molecule has 2 heterocycles. The Bertz CT molecular complexity index is 1150. The van der Waals surface area contributed by atoms with Crippen molar-refractivity contribution in [2.45, 2.75) is 13.0 Å². The molecule has 0 radical (unpaired) electrons. The molecule has 168 valence electrons. The molecule has 1 unspecified atom stereocenters. The predicted octanol–water partition coefficient (Wildman–Crippen LogP) is 1.30. The molecule has 32 heavy (non-hydrogen) atoms. The lowest BCUT2D eigenvalue weighted by molar-refractivity contribution is -0.255. The van der Waals surface area contributed by atoms with Gasteiger partial charge in [-0.2, -0.15) is 0 Å². The number of rotatable bonds is 7. The summed E-state index contributed by atoms with van der Waals surface area (Å²) in [4.78, 5) is 31.1. The monoisotopic (exact) mass is 437 g/mol. The highest BCUT2D eigenvalue weighted by Gasteiger charge is 2.21. The fourth-order valence-electron chi connectivity index (χ4n) is 4.06. The largest absolute Gasteiger partial charge is 0.545 e. The second-order valence-electron chi connectivity index (χ2n) is 7.85. The van der Waals surface area contributed by atoms with E-state index >= 15 is 0 Å². The molecule has 1 N–H and O–H groups in total. The van der Waals surface area contributed by atoms with Gasteiger partial charge in [-0.1, -0.05) is 12.1 Å². The molecule has 4 rings (SSSR count). The van der Waals surface area contributed by atoms with Crippen LogP contribution < -0.4 is 10.0 Å². The minimum atomic E-state index is -1.24. The van der Waals surface area contributed by atoms with Crippen molar-refractivity contribution in [3.05, 3.63) is 53.9 Å². The molecule has 1 aliphatic heterocycles. The van der Waals surface area contributed by atoms with Gasteiger partial charge in [0.05, 0.1) is 23.5 Å². The number of aromatic carboxylic acids is 1. The fourth-order valence-corrected chi connectivity index (χ4v) is 4.06. The first kappa shape index (κ1) is 21.8. The van der Waals surface area contributed by atoms with Gasteiger partial charge in [0.1, 0.15) is 11.9 Å². The van der Waals surface area contributed by atoms with Gasteiger partial charge in [-0.3, -0.25) is 14.3 Å². The first-order valence-electron chi connectivity index (χ1n) is 10.4. The molecule has 1 atom stereocenters. The molecule has 0 amide bonds. The number of piperazine rings is 1. The van der Waals surface area contributed by atoms with E-state index in [4.69, 9.17) is 9.84 Å². The van der Waals surface area contributed by atoms with E-state index in [1.54, 1.807) is 13.2 Å². The van der Waals surface area contributed by atoms with E-state index in [9.17, 15) is 14.7 Å². The molecule has 0 saturated carbocycles. The van der Waals surface area contributed by atoms with E-state index in [1.165, 1.54) is 12.1 Å². The second-order valence-corrected chi connectivity index (χ2v) is 7.85. The van der Waals surface area contributed by atoms with E-state index in [2.05, 4.69) is 16.0 Å². The molecular weight excluding hydrogens is 412 g/mol. The van der Waals surface area contributed by atoms with Crippen LogP contribution in [-0.4, -0.2) is 71.3 Å². The minimum absolute atomic E-state index is 0.0566. The number of carboxylic acids is 2. The van der Waals surface area contributed by atoms with Crippen molar-refractivity contribution in [3.8, 4) is 5.69 Å². The average Bonchev–Trinajstić information content (AvgIpc) is 3.17. The number of nitrogens with zero attached hydrogens (tertiary/aromatic N) is 4. The highest BCUT2D eigenvalue weighted by Crippen LogP contribution is 2.29. The Labute approximate surface area is 185 Å². The molecular formula is C23H25N4O5-. The lowest BCUT2D eigenvalue weighted by atomic mass is 10.2. The van der Waals surface area contributed by atoms with E-state index in [1.807, 2.05) is 34.6 Å². The van der Waals surface area contributed by atoms with Crippen molar-refractivity contribution in [2.24, 2.45) is 0 Å². The number of carbonyl (C=O) groups excluding carboxylic acids is 1. The van der Waals surface area contributed by atoms with Gasteiger partial charge in [-0.05, 0) is 42.8 Å². The summed E-state index contributed by atoms with van der Waals surface area (Å²) >= 11 is 0. The second kappa shape index (κ2) is 8.97. The van der Waals surface area contributed by atoms with Gasteiger partial charge < -0.3 is 24.6 Å². The molecule has 1 aromatic heterocycles. The maximum absolute atomic E-state index is 11.3. The summed E-state index contributed by atoms with van der Waals surface area (Å²) in [5, 5.41) is 20.3. The van der Waals surface area contributed by atoms with Crippen LogP contribution in [-0.2, 0) is 9.53 Å². The molecule has 9 nitrogen and oxygen atoms in total. The summed E-state index contributed by atoms with van der Waals surface area (Å²) < 4.78 is 7.50. The number of aliphatic carboxylic acids is 1. The van der Waals surface area contributed by atoms with E-state index in [0.29, 0.717) is 24.4 Å². The van der Waals surface area contributed by atoms with Crippen LogP contribution in [0, 0.1) is 0 Å². The van der Waals surface area contributed by atoms with Crippen molar-refractivity contribution < 1.29 is 24.5 Å². The van der Waals surface area contributed by atoms with E-state index < -0.39 is 11.9 Å². The number of carbonyl (C=O) groups is 2. The van der Waals surface area contributed by atoms with Crippen LogP contribution in [0.3, 0.4) is 0 Å². The van der Waals surface area contributed by atoms with Gasteiger partial charge in [0, 0.05) is 44.7 Å². The lowest BCUT2D eigenvalue weighted by Gasteiger charge is -2.35. The summed E-state index contributed by atoms with van der Waals surface area (Å²) in [6.07, 6.45) is -0.308. The first-order chi connectivity index (χ1) is 15.4. The van der Waals surface area contributed by atoms with Crippen molar-refractivity contribution in [1.82, 2.24) is 14.5 Å². The number of benzene rings is 2. The molecule has 3 aromatic rings. The smallest absolute Gasteiger partial charge is 0.317 e. The van der Waals surface area contributed by atoms with Crippen LogP contribution in [0.15, 0.2) is 42.5 Å². The van der Waals surface area contributed by atoms with Gasteiger partial charge in [0.25, 0.3) is 0 Å². The van der Waals surface area contributed by atoms with Crippen molar-refractivity contribution in [3.63, 3.8) is 0 Å². The molecule has 1 fully saturated rings. The van der Waals surface area contributed by atoms with Crippen LogP contribution in [0.25, 0.3) is 16.7 Å². The maximum atomic E-state index is 11.3. The van der Waals surface area contributed by atoms with Crippen molar-refractivity contribution >= 4 is 28.7 Å². The molecule has 0 aliphatic carbocycles. The Kier molecular flexibility index (Phi) is 6.11. The molecule has 0 bridgehead atoms. The van der Waals surface area contributed by atoms with Gasteiger partial charge in [-0.15, -0.1) is 0 Å². The zero-order valence-electron chi connectivity index (χ0n) is 18.0. The van der Waals surface area contributed by atoms with Gasteiger partial charge in [0.2, 0.25) is 0 Å². The van der Waals surface area contributed by atoms with Crippen molar-refractivity contribution in [1.29, 1.82) is 0 Å². The van der Waals surface area contributed by atoms with Crippen molar-refractivity contribution in [2.75, 3.05) is 44.7 Å². The van der Waals surface area contributed by atoms with Gasteiger partial charge >= 0.3 is 5.97 Å². The average molecular weight is 437 g/mol. The third-order valence-corrected chi connectivity index (χ3v) is 5.82. The number of hydrogen-bond donors (Lipinski definition) is 1. The summed E-state index contributed by atoms with van der Waals surface area (Å²) in [7, 11) is 1.61. The number of anilines is 1. The fraction of sp³-hybridized carbons (Fsp3) is 0.348. The lowest BCUT2D eigenvalue weighted by Crippen LogP contribution is -2.48. The van der Waals surface area contributed by atoms with Gasteiger partial charge in [-0.25, -0.2) is 4.98 Å². The number of aromatic nitrogens is 2. The highest BCUT2D eigenvalue weighted by molar-refractivity contribution is 5.91. The Morgan fingerprint density at radius 2 is 1.84 bits per heavy atom. The van der Waals surface area contributed by atoms with Gasteiger partial charge in [0.15, 0.2) is 0 Å². The number of fused-ring (bicyclic) bond motifs is 1. The summed E-state index contributed by atoms with van der Waals surface area (Å²) in [6.45, 7) is 4.78. The minimum Gasteiger partial charge on any atom is -0.545 e. The Morgan fingerprint density at radius 1 is 1.12 bits per heavy atom. The normalized spacial score (nSPS) is 15.8. The highest BCUT2D eigenvalue weighted by atomic mass is 16.5. The number of hydrogen-bond acceptors (Lipinski definition) is 7. The molecule has 1 saturated heterocycles. The summed E-state index contributed by atoms with van der Waals surface area (Å²) in [6, 6.07) is 12.8. The quantitative estimate of drug-likeness (QED) is 0.589. The van der Waals surface area contributed by atoms with E-state index in [0.717, 1.165) is 30.0 Å². The molecule has 1 aliphatic rings. The molecule has 9 heteroatoms. The number of carboxylic acid groups (broad SMARTS) is 2. The van der Waals surface area contributed by atoms with Crippen LogP contribution in [0.2, 0.25) is 0 Å². The maximum Gasteiger partial charge on any atom is 0.317 e. The topological polar surface area (TPSA) is 111 Å². The summed E-state index contributed by atoms with van der Waals surface area (Å²) in [5.41, 5.74) is 3.32. The summed E-state index contributed by atoms with van der Waals surface area (Å²) in [5.74, 6) is -1.39. The predicted molar refractivity (Wildman–Crippen MR) is 117 cm³/mol. The number of methoxy groups -OCH3 is 1. The third kappa shape index (κ3) is 4.30. The SMILES string of the molecule is COC(C)c1nc2cc(C(=O)[O-])ccc2n1-c1cccc(N2CCN(CC(=O)O)CC2)c1. The zero-order valence-corrected chi connectivity index (χ0v) is 18.0. The third-order valence-electron chi connectivity index (χ3n) is 5.82. The first-order valence-corrected chi connectivity index (χ1v) is 10.4. The Morgan fingerprint density at radius 3 is 2.50 bits per heavy atom. The van der Waals surface area contributed by atoms with Crippen LogP contribution in [0.5, 0.6) is 0 Å². The number of ether oxygens (including phenoxy) is 1. The molecule has 2 aromatic carbocycles. The van der Waals surface area contributed by atoms with Crippen LogP contribution in [0.4, 0.5) is 5.69 Å². The Balaban J connectivity index is 1.70. The standard InChI is InChI=1S/C23H26N4O5/c1-15(32-2)22-24-19-12-16(23(30)31)6-7-20(19)27(22)18-5-3-4-17(13-18)26-10-8-25(9-11-26)14-21(28)29/h3-7,12-13,15H,8-11,14H2,1-2H3,(H,28,29)(H,30,31)/p-1. The molecule has 0 spiro atoms. The zero-order chi connectivity index (χ0) is 22.8.